The van der Waals surface area contributed by atoms with Gasteiger partial charge in [-0.1, -0.05) is 137 Å². The first-order valence-corrected chi connectivity index (χ1v) is 24.4. The first kappa shape index (κ1) is 57.3. The Morgan fingerprint density at radius 3 is 1.80 bits per heavy atom. The van der Waals surface area contributed by atoms with Crippen molar-refractivity contribution in [1.29, 1.82) is 0 Å². The van der Waals surface area contributed by atoms with E-state index >= 15 is 0 Å². The van der Waals surface area contributed by atoms with Crippen LogP contribution >= 0.6 is 15.6 Å². The molecule has 0 aromatic carbocycles. The van der Waals surface area contributed by atoms with Crippen LogP contribution in [-0.4, -0.2) is 81.6 Å². The van der Waals surface area contributed by atoms with Crippen LogP contribution in [0.5, 0.6) is 0 Å². The van der Waals surface area contributed by atoms with Gasteiger partial charge in [-0.15, -0.1) is 0 Å². The number of aliphatic hydroxyl groups is 2. The molecular formula is C44H74O14P2. The van der Waals surface area contributed by atoms with Crippen LogP contribution < -0.4 is 0 Å². The van der Waals surface area contributed by atoms with E-state index in [4.69, 9.17) is 23.8 Å². The van der Waals surface area contributed by atoms with Gasteiger partial charge in [-0.25, -0.2) is 9.13 Å². The van der Waals surface area contributed by atoms with Gasteiger partial charge in [0.15, 0.2) is 6.10 Å². The second-order valence-electron chi connectivity index (χ2n) is 14.1. The number of unbranched alkanes of at least 4 members (excludes halogenated alkanes) is 10. The van der Waals surface area contributed by atoms with Crippen molar-refractivity contribution < 1.29 is 66.7 Å². The van der Waals surface area contributed by atoms with E-state index in [9.17, 15) is 33.8 Å². The lowest BCUT2D eigenvalue weighted by Gasteiger charge is -2.20. The number of aliphatic hydroxyl groups excluding tert-OH is 2. The molecule has 0 heterocycles. The van der Waals surface area contributed by atoms with Gasteiger partial charge in [-0.2, -0.15) is 0 Å². The number of allylic oxidation sites excluding steroid dienone is 12. The fourth-order valence-corrected chi connectivity index (χ4v) is 6.25. The van der Waals surface area contributed by atoms with E-state index in [0.717, 1.165) is 57.8 Å². The molecule has 0 rings (SSSR count). The summed E-state index contributed by atoms with van der Waals surface area (Å²) in [5.41, 5.74) is 0. The molecule has 0 saturated carbocycles. The quantitative estimate of drug-likeness (QED) is 0.0128. The number of ether oxygens (including phenoxy) is 2. The van der Waals surface area contributed by atoms with Gasteiger partial charge in [0.05, 0.1) is 25.9 Å². The maximum Gasteiger partial charge on any atom is 0.472 e. The highest BCUT2D eigenvalue weighted by atomic mass is 31.2. The minimum atomic E-state index is -4.88. The van der Waals surface area contributed by atoms with E-state index in [1.54, 1.807) is 6.08 Å². The number of carbonyl (C=O) groups is 2. The molecule has 2 unspecified atom stereocenters. The summed E-state index contributed by atoms with van der Waals surface area (Å²) in [5.74, 6) is -1.15. The largest absolute Gasteiger partial charge is 0.472 e. The molecule has 0 saturated heterocycles. The standard InChI is InChI=1S/C44H74O14P2/c1-3-5-7-8-9-10-11-12-13-14-19-22-25-28-31-35-44(48)58-42(39-57-60(52,53)56-37-41(46)36-55-59(49,50)51)38-54-43(47)34-30-27-24-21-18-16-15-17-20-23-26-29-33-40(45)32-6-4-2/h6,10-13,15-16,20-21,23-24,26,29,32,40-42,45-46H,3-5,7-9,14,17-19,22,25,27-28,30-31,33-39H2,1-2H3,(H,52,53)(H2,49,50,51)/b11-10-,13-12-,16-15-,23-20-,24-21-,29-26+,32-6-/t40?,41-,42+/m0/s1. The molecule has 0 aliphatic rings. The Balaban J connectivity index is 4.69. The molecule has 0 radical (unpaired) electrons. The van der Waals surface area contributed by atoms with Crippen LogP contribution in [0.25, 0.3) is 0 Å². The number of rotatable bonds is 39. The van der Waals surface area contributed by atoms with E-state index in [-0.39, 0.29) is 12.8 Å². The predicted octanol–water partition coefficient (Wildman–Crippen LogP) is 9.75. The van der Waals surface area contributed by atoms with Crippen LogP contribution in [0.15, 0.2) is 85.1 Å². The van der Waals surface area contributed by atoms with E-state index in [1.165, 1.54) is 25.7 Å². The Morgan fingerprint density at radius 1 is 0.567 bits per heavy atom. The zero-order chi connectivity index (χ0) is 44.6. The molecule has 0 aliphatic heterocycles. The third-order valence-electron chi connectivity index (χ3n) is 8.36. The van der Waals surface area contributed by atoms with E-state index in [1.807, 2.05) is 61.6 Å². The summed E-state index contributed by atoms with van der Waals surface area (Å²) in [7, 11) is -9.71. The number of phosphoric ester groups is 2. The number of esters is 2. The second-order valence-corrected chi connectivity index (χ2v) is 16.8. The highest BCUT2D eigenvalue weighted by Crippen LogP contribution is 2.43. The van der Waals surface area contributed by atoms with Crippen LogP contribution in [0, 0.1) is 0 Å². The molecule has 0 aromatic rings. The van der Waals surface area contributed by atoms with Gasteiger partial charge in [0.2, 0.25) is 0 Å². The molecule has 0 amide bonds. The molecule has 0 aliphatic carbocycles. The zero-order valence-corrected chi connectivity index (χ0v) is 37.7. The van der Waals surface area contributed by atoms with Crippen LogP contribution in [0.3, 0.4) is 0 Å². The zero-order valence-electron chi connectivity index (χ0n) is 35.9. The molecule has 344 valence electrons. The van der Waals surface area contributed by atoms with Gasteiger partial charge < -0.3 is 34.4 Å². The van der Waals surface area contributed by atoms with Gasteiger partial charge in [0.25, 0.3) is 0 Å². The van der Waals surface area contributed by atoms with Gasteiger partial charge in [-0.05, 0) is 70.6 Å². The first-order valence-electron chi connectivity index (χ1n) is 21.4. The number of carbonyl (C=O) groups excluding carboxylic acids is 2. The van der Waals surface area contributed by atoms with Crippen LogP contribution in [0.2, 0.25) is 0 Å². The molecule has 5 N–H and O–H groups in total. The van der Waals surface area contributed by atoms with E-state index in [2.05, 4.69) is 40.3 Å². The lowest BCUT2D eigenvalue weighted by Crippen LogP contribution is -2.30. The Labute approximate surface area is 359 Å². The summed E-state index contributed by atoms with van der Waals surface area (Å²) in [6, 6.07) is 0. The van der Waals surface area contributed by atoms with Crippen molar-refractivity contribution in [1.82, 2.24) is 0 Å². The highest BCUT2D eigenvalue weighted by Gasteiger charge is 2.28. The Kier molecular flexibility index (Phi) is 37.3. The maximum absolute atomic E-state index is 12.6. The SMILES string of the molecule is CC/C=C\C(O)C/C=C/C=C\C/C=C\C/C=C\CCCC(=O)OC[C@H](COP(=O)(O)OC[C@@H](O)COP(=O)(O)O)OC(=O)CCCCCCC/C=C\C=C/CCCCCC. The normalized spacial score (nSPS) is 15.4. The van der Waals surface area contributed by atoms with Crippen molar-refractivity contribution in [2.24, 2.45) is 0 Å². The molecular weight excluding hydrogens is 814 g/mol. The van der Waals surface area contributed by atoms with Crippen molar-refractivity contribution in [3.63, 3.8) is 0 Å². The average Bonchev–Trinajstić information content (AvgIpc) is 3.20. The minimum Gasteiger partial charge on any atom is -0.462 e. The van der Waals surface area contributed by atoms with Gasteiger partial charge in [0, 0.05) is 12.8 Å². The van der Waals surface area contributed by atoms with Crippen LogP contribution in [-0.2, 0) is 41.8 Å². The maximum atomic E-state index is 12.6. The lowest BCUT2D eigenvalue weighted by molar-refractivity contribution is -0.161. The van der Waals surface area contributed by atoms with Gasteiger partial charge >= 0.3 is 27.6 Å². The third kappa shape index (κ3) is 42.0. The van der Waals surface area contributed by atoms with E-state index < -0.39 is 72.3 Å². The fourth-order valence-electron chi connectivity index (χ4n) is 5.10. The summed E-state index contributed by atoms with van der Waals surface area (Å²) >= 11 is 0. The molecule has 60 heavy (non-hydrogen) atoms. The van der Waals surface area contributed by atoms with Crippen LogP contribution in [0.1, 0.15) is 136 Å². The fraction of sp³-hybridized carbons (Fsp3) is 0.636. The summed E-state index contributed by atoms with van der Waals surface area (Å²) in [5, 5.41) is 19.5. The molecule has 14 nitrogen and oxygen atoms in total. The van der Waals surface area contributed by atoms with Crippen LogP contribution in [0.4, 0.5) is 0 Å². The summed E-state index contributed by atoms with van der Waals surface area (Å²) in [6.07, 6.45) is 40.6. The van der Waals surface area contributed by atoms with Crippen molar-refractivity contribution >= 4 is 27.6 Å². The monoisotopic (exact) mass is 888 g/mol. The summed E-state index contributed by atoms with van der Waals surface area (Å²) in [6.45, 7) is 1.39. The summed E-state index contributed by atoms with van der Waals surface area (Å²) in [4.78, 5) is 52.6. The van der Waals surface area contributed by atoms with Gasteiger partial charge in [-0.3, -0.25) is 23.2 Å². The first-order chi connectivity index (χ1) is 28.8. The average molecular weight is 889 g/mol. The third-order valence-corrected chi connectivity index (χ3v) is 9.80. The smallest absolute Gasteiger partial charge is 0.462 e. The molecule has 0 spiro atoms. The Hall–Kier alpha value is -2.74. The van der Waals surface area contributed by atoms with Crippen molar-refractivity contribution in [2.75, 3.05) is 26.4 Å². The molecule has 16 heteroatoms. The topological polar surface area (TPSA) is 216 Å². The molecule has 4 atom stereocenters. The van der Waals surface area contributed by atoms with Gasteiger partial charge in [0.1, 0.15) is 12.7 Å². The minimum absolute atomic E-state index is 0.0885. The van der Waals surface area contributed by atoms with Crippen molar-refractivity contribution in [3.8, 4) is 0 Å². The predicted molar refractivity (Wildman–Crippen MR) is 236 cm³/mol. The summed E-state index contributed by atoms with van der Waals surface area (Å²) < 4.78 is 47.6. The van der Waals surface area contributed by atoms with E-state index in [0.29, 0.717) is 25.7 Å². The van der Waals surface area contributed by atoms with Crippen molar-refractivity contribution in [3.05, 3.63) is 85.1 Å². The number of hydrogen-bond donors (Lipinski definition) is 5. The highest BCUT2D eigenvalue weighted by molar-refractivity contribution is 7.47. The number of hydrogen-bond acceptors (Lipinski definition) is 11. The molecule has 0 bridgehead atoms. The lowest BCUT2D eigenvalue weighted by atomic mass is 10.1. The molecule has 0 fully saturated rings. The Morgan fingerprint density at radius 2 is 1.12 bits per heavy atom. The Bertz CT molecular complexity index is 1400. The number of phosphoric acid groups is 2. The van der Waals surface area contributed by atoms with Crippen molar-refractivity contribution in [2.45, 2.75) is 154 Å². The molecule has 0 aromatic heterocycles. The second kappa shape index (κ2) is 39.1.